The Bertz CT molecular complexity index is 479. The van der Waals surface area contributed by atoms with Crippen LogP contribution in [0.5, 0.6) is 0 Å². The molecule has 23 heavy (non-hydrogen) atoms. The Morgan fingerprint density at radius 1 is 1.26 bits per heavy atom. The number of hydrogen-bond donors (Lipinski definition) is 2. The topological polar surface area (TPSA) is 84.5 Å². The maximum absolute atomic E-state index is 11.8. The Kier molecular flexibility index (Phi) is 7.32. The molecule has 0 spiro atoms. The summed E-state index contributed by atoms with van der Waals surface area (Å²) >= 11 is 0. The SMILES string of the molecule is CC(CS(C)(=O)=O)NC(CNC(=O)OC(C)(C)C)C1CCCC1. The molecule has 1 rings (SSSR count). The number of alkyl carbamates (subject to hydrolysis) is 1. The van der Waals surface area contributed by atoms with Gasteiger partial charge in [0.2, 0.25) is 0 Å². The van der Waals surface area contributed by atoms with Crippen molar-refractivity contribution in [3.8, 4) is 0 Å². The van der Waals surface area contributed by atoms with Crippen molar-refractivity contribution >= 4 is 15.9 Å². The van der Waals surface area contributed by atoms with Gasteiger partial charge < -0.3 is 15.4 Å². The van der Waals surface area contributed by atoms with Crippen LogP contribution in [0.25, 0.3) is 0 Å². The summed E-state index contributed by atoms with van der Waals surface area (Å²) in [5, 5.41) is 6.20. The van der Waals surface area contributed by atoms with Gasteiger partial charge in [0.15, 0.2) is 0 Å². The van der Waals surface area contributed by atoms with E-state index in [1.54, 1.807) is 0 Å². The first-order chi connectivity index (χ1) is 10.5. The van der Waals surface area contributed by atoms with E-state index in [1.807, 2.05) is 27.7 Å². The number of sulfone groups is 1. The second kappa shape index (κ2) is 8.33. The predicted molar refractivity (Wildman–Crippen MR) is 92.3 cm³/mol. The van der Waals surface area contributed by atoms with Crippen LogP contribution in [0.1, 0.15) is 53.4 Å². The molecular weight excluding hydrogens is 316 g/mol. The van der Waals surface area contributed by atoms with Crippen molar-refractivity contribution in [3.63, 3.8) is 0 Å². The maximum atomic E-state index is 11.8. The summed E-state index contributed by atoms with van der Waals surface area (Å²) in [6.07, 6.45) is 5.41. The fourth-order valence-corrected chi connectivity index (χ4v) is 4.10. The number of nitrogens with one attached hydrogen (secondary N) is 2. The molecule has 0 bridgehead atoms. The molecule has 2 atom stereocenters. The van der Waals surface area contributed by atoms with E-state index in [0.29, 0.717) is 12.5 Å². The van der Waals surface area contributed by atoms with E-state index in [9.17, 15) is 13.2 Å². The summed E-state index contributed by atoms with van der Waals surface area (Å²) in [7, 11) is -3.02. The van der Waals surface area contributed by atoms with Crippen LogP contribution in [0.4, 0.5) is 4.79 Å². The first-order valence-corrected chi connectivity index (χ1v) is 10.4. The molecule has 0 aromatic carbocycles. The zero-order chi connectivity index (χ0) is 17.7. The van der Waals surface area contributed by atoms with Gasteiger partial charge in [0.25, 0.3) is 0 Å². The molecule has 6 nitrogen and oxygen atoms in total. The largest absolute Gasteiger partial charge is 0.444 e. The highest BCUT2D eigenvalue weighted by Crippen LogP contribution is 2.27. The second-order valence-corrected chi connectivity index (χ2v) is 9.88. The summed E-state index contributed by atoms with van der Waals surface area (Å²) in [4.78, 5) is 11.8. The van der Waals surface area contributed by atoms with Crippen molar-refractivity contribution in [3.05, 3.63) is 0 Å². The molecule has 1 aliphatic rings. The summed E-state index contributed by atoms with van der Waals surface area (Å²) in [5.74, 6) is 0.565. The van der Waals surface area contributed by atoms with E-state index >= 15 is 0 Å². The molecule has 2 N–H and O–H groups in total. The third-order valence-corrected chi connectivity index (χ3v) is 4.99. The van der Waals surface area contributed by atoms with Crippen molar-refractivity contribution in [2.24, 2.45) is 5.92 Å². The summed E-state index contributed by atoms with van der Waals surface area (Å²) in [6, 6.07) is -0.0715. The van der Waals surface area contributed by atoms with Gasteiger partial charge in [-0.2, -0.15) is 0 Å². The lowest BCUT2D eigenvalue weighted by atomic mass is 9.97. The third-order valence-electron chi connectivity index (χ3n) is 3.89. The highest BCUT2D eigenvalue weighted by atomic mass is 32.2. The van der Waals surface area contributed by atoms with Crippen molar-refractivity contribution in [2.45, 2.75) is 71.1 Å². The average molecular weight is 349 g/mol. The molecule has 0 radical (unpaired) electrons. The van der Waals surface area contributed by atoms with E-state index in [1.165, 1.54) is 19.1 Å². The number of carbonyl (C=O) groups excluding carboxylic acids is 1. The number of carbonyl (C=O) groups is 1. The molecule has 7 heteroatoms. The fraction of sp³-hybridized carbons (Fsp3) is 0.938. The molecule has 0 aromatic heterocycles. The molecule has 1 amide bonds. The number of ether oxygens (including phenoxy) is 1. The number of rotatable bonds is 7. The van der Waals surface area contributed by atoms with Crippen molar-refractivity contribution in [1.82, 2.24) is 10.6 Å². The zero-order valence-corrected chi connectivity index (χ0v) is 15.8. The van der Waals surface area contributed by atoms with Crippen molar-refractivity contribution < 1.29 is 17.9 Å². The lowest BCUT2D eigenvalue weighted by Crippen LogP contribution is -2.50. The molecule has 0 heterocycles. The molecule has 1 aliphatic carbocycles. The van der Waals surface area contributed by atoms with Gasteiger partial charge in [0.1, 0.15) is 15.4 Å². The molecule has 2 unspecified atom stereocenters. The molecule has 0 saturated heterocycles. The number of hydrogen-bond acceptors (Lipinski definition) is 5. The minimum Gasteiger partial charge on any atom is -0.444 e. The zero-order valence-electron chi connectivity index (χ0n) is 15.0. The normalized spacial score (nSPS) is 19.3. The van der Waals surface area contributed by atoms with Gasteiger partial charge in [0.05, 0.1) is 5.75 Å². The Hall–Kier alpha value is -0.820. The van der Waals surface area contributed by atoms with Crippen molar-refractivity contribution in [1.29, 1.82) is 0 Å². The van der Waals surface area contributed by atoms with E-state index in [-0.39, 0.29) is 17.8 Å². The molecule has 136 valence electrons. The predicted octanol–water partition coefficient (Wildman–Crippen LogP) is 2.09. The van der Waals surface area contributed by atoms with Gasteiger partial charge in [-0.15, -0.1) is 0 Å². The van der Waals surface area contributed by atoms with Gasteiger partial charge >= 0.3 is 6.09 Å². The Balaban J connectivity index is 2.57. The minimum absolute atomic E-state index is 0.0711. The molecule has 0 aliphatic heterocycles. The van der Waals surface area contributed by atoms with E-state index in [0.717, 1.165) is 12.8 Å². The van der Waals surface area contributed by atoms with Crippen LogP contribution in [0.3, 0.4) is 0 Å². The monoisotopic (exact) mass is 348 g/mol. The van der Waals surface area contributed by atoms with Crippen LogP contribution in [0.2, 0.25) is 0 Å². The molecule has 0 aromatic rings. The fourth-order valence-electron chi connectivity index (χ4n) is 3.10. The lowest BCUT2D eigenvalue weighted by molar-refractivity contribution is 0.0517. The van der Waals surface area contributed by atoms with Crippen LogP contribution in [0, 0.1) is 5.92 Å². The van der Waals surface area contributed by atoms with Gasteiger partial charge in [-0.25, -0.2) is 13.2 Å². The van der Waals surface area contributed by atoms with Gasteiger partial charge in [0, 0.05) is 24.9 Å². The Labute approximate surface area is 140 Å². The summed E-state index contributed by atoms with van der Waals surface area (Å²) in [5.41, 5.74) is -0.524. The first kappa shape index (κ1) is 20.2. The van der Waals surface area contributed by atoms with Crippen LogP contribution < -0.4 is 10.6 Å². The Morgan fingerprint density at radius 2 is 1.83 bits per heavy atom. The lowest BCUT2D eigenvalue weighted by Gasteiger charge is -2.29. The molecule has 1 saturated carbocycles. The quantitative estimate of drug-likeness (QED) is 0.736. The van der Waals surface area contributed by atoms with E-state index in [4.69, 9.17) is 4.74 Å². The average Bonchev–Trinajstić information content (AvgIpc) is 2.83. The van der Waals surface area contributed by atoms with Crippen molar-refractivity contribution in [2.75, 3.05) is 18.6 Å². The molecule has 1 fully saturated rings. The van der Waals surface area contributed by atoms with E-state index in [2.05, 4.69) is 10.6 Å². The summed E-state index contributed by atoms with van der Waals surface area (Å²) < 4.78 is 28.1. The van der Waals surface area contributed by atoms with Crippen LogP contribution in [-0.4, -0.2) is 50.7 Å². The molecular formula is C16H32N2O4S. The minimum atomic E-state index is -3.02. The van der Waals surface area contributed by atoms with Gasteiger partial charge in [-0.05, 0) is 46.5 Å². The smallest absolute Gasteiger partial charge is 0.407 e. The van der Waals surface area contributed by atoms with Crippen LogP contribution >= 0.6 is 0 Å². The highest BCUT2D eigenvalue weighted by molar-refractivity contribution is 7.90. The van der Waals surface area contributed by atoms with Gasteiger partial charge in [-0.3, -0.25) is 0 Å². The first-order valence-electron chi connectivity index (χ1n) is 8.37. The third kappa shape index (κ3) is 9.15. The van der Waals surface area contributed by atoms with Crippen LogP contribution in [-0.2, 0) is 14.6 Å². The maximum Gasteiger partial charge on any atom is 0.407 e. The Morgan fingerprint density at radius 3 is 2.30 bits per heavy atom. The number of amides is 1. The standard InChI is InChI=1S/C16H32N2O4S/c1-12(11-23(5,20)21)18-14(13-8-6-7-9-13)10-17-15(19)22-16(2,3)4/h12-14,18H,6-11H2,1-5H3,(H,17,19). The van der Waals surface area contributed by atoms with E-state index < -0.39 is 21.5 Å². The summed E-state index contributed by atoms with van der Waals surface area (Å²) in [6.45, 7) is 7.80. The van der Waals surface area contributed by atoms with Crippen LogP contribution in [0.15, 0.2) is 0 Å². The van der Waals surface area contributed by atoms with Gasteiger partial charge in [-0.1, -0.05) is 12.8 Å². The highest BCUT2D eigenvalue weighted by Gasteiger charge is 2.27. The second-order valence-electron chi connectivity index (χ2n) is 7.69.